The number of ether oxygens (including phenoxy) is 2. The van der Waals surface area contributed by atoms with E-state index in [0.29, 0.717) is 22.2 Å². The number of aromatic nitrogens is 3. The van der Waals surface area contributed by atoms with Crippen LogP contribution in [0.15, 0.2) is 29.4 Å². The van der Waals surface area contributed by atoms with Crippen LogP contribution in [0.1, 0.15) is 5.82 Å². The maximum Gasteiger partial charge on any atom is 0.139 e. The summed E-state index contributed by atoms with van der Waals surface area (Å²) in [6.07, 6.45) is 1.44. The summed E-state index contributed by atoms with van der Waals surface area (Å²) >= 11 is 0. The summed E-state index contributed by atoms with van der Waals surface area (Å²) in [5.74, 6) is 1.98. The Bertz CT molecular complexity index is 575. The van der Waals surface area contributed by atoms with Crippen LogP contribution in [0.4, 0.5) is 0 Å². The molecule has 0 aliphatic rings. The molecule has 0 fully saturated rings. The van der Waals surface area contributed by atoms with Crippen LogP contribution in [-0.2, 0) is 23.6 Å². The molecule has 0 aliphatic heterocycles. The van der Waals surface area contributed by atoms with Crippen molar-refractivity contribution in [3.63, 3.8) is 0 Å². The standard InChI is InChI=1S/C12H15N3O3S/c1-15-11(13-8-14-15)7-19(16)12-9(17-2)5-4-6-10(12)18-3/h4-6,8H,7H2,1-3H3. The minimum Gasteiger partial charge on any atom is -0.495 e. The van der Waals surface area contributed by atoms with Crippen LogP contribution in [0.25, 0.3) is 0 Å². The average molecular weight is 281 g/mol. The lowest BCUT2D eigenvalue weighted by molar-refractivity contribution is 0.375. The van der Waals surface area contributed by atoms with Crippen molar-refractivity contribution in [1.29, 1.82) is 0 Å². The van der Waals surface area contributed by atoms with E-state index in [1.54, 1.807) is 29.9 Å². The van der Waals surface area contributed by atoms with Gasteiger partial charge in [-0.1, -0.05) is 6.07 Å². The lowest BCUT2D eigenvalue weighted by Gasteiger charge is -2.12. The van der Waals surface area contributed by atoms with Gasteiger partial charge in [-0.15, -0.1) is 0 Å². The van der Waals surface area contributed by atoms with E-state index in [-0.39, 0.29) is 5.75 Å². The number of methoxy groups -OCH3 is 2. The summed E-state index contributed by atoms with van der Waals surface area (Å²) in [7, 11) is 3.52. The molecule has 0 saturated heterocycles. The molecule has 6 nitrogen and oxygen atoms in total. The van der Waals surface area contributed by atoms with Gasteiger partial charge in [-0.25, -0.2) is 4.98 Å². The number of benzene rings is 1. The molecule has 0 saturated carbocycles. The lowest BCUT2D eigenvalue weighted by Crippen LogP contribution is -2.07. The van der Waals surface area contributed by atoms with Gasteiger partial charge >= 0.3 is 0 Å². The summed E-state index contributed by atoms with van der Waals surface area (Å²) in [6, 6.07) is 5.31. The second-order valence-electron chi connectivity index (χ2n) is 3.78. The fourth-order valence-electron chi connectivity index (χ4n) is 1.68. The summed E-state index contributed by atoms with van der Waals surface area (Å²) < 4.78 is 24.6. The van der Waals surface area contributed by atoms with Gasteiger partial charge in [0.05, 0.1) is 30.8 Å². The van der Waals surface area contributed by atoms with Crippen molar-refractivity contribution in [2.45, 2.75) is 10.6 Å². The Labute approximate surface area is 113 Å². The van der Waals surface area contributed by atoms with E-state index in [4.69, 9.17) is 9.47 Å². The van der Waals surface area contributed by atoms with Gasteiger partial charge in [0, 0.05) is 7.05 Å². The van der Waals surface area contributed by atoms with Crippen molar-refractivity contribution < 1.29 is 13.7 Å². The van der Waals surface area contributed by atoms with Gasteiger partial charge in [0.15, 0.2) is 0 Å². The van der Waals surface area contributed by atoms with Crippen LogP contribution in [0.5, 0.6) is 11.5 Å². The van der Waals surface area contributed by atoms with Crippen molar-refractivity contribution in [3.8, 4) is 11.5 Å². The molecule has 2 rings (SSSR count). The van der Waals surface area contributed by atoms with Crippen molar-refractivity contribution in [2.24, 2.45) is 7.05 Å². The minimum absolute atomic E-state index is 0.257. The minimum atomic E-state index is -1.32. The average Bonchev–Trinajstić information content (AvgIpc) is 2.83. The molecular weight excluding hydrogens is 266 g/mol. The largest absolute Gasteiger partial charge is 0.495 e. The SMILES string of the molecule is COc1cccc(OC)c1S(=O)Cc1ncnn1C. The van der Waals surface area contributed by atoms with Gasteiger partial charge in [0.1, 0.15) is 28.5 Å². The fourth-order valence-corrected chi connectivity index (χ4v) is 3.07. The molecule has 0 radical (unpaired) electrons. The highest BCUT2D eigenvalue weighted by Gasteiger charge is 2.18. The fraction of sp³-hybridized carbons (Fsp3) is 0.333. The van der Waals surface area contributed by atoms with Crippen molar-refractivity contribution >= 4 is 10.8 Å². The Morgan fingerprint density at radius 3 is 2.37 bits per heavy atom. The zero-order valence-corrected chi connectivity index (χ0v) is 11.8. The number of hydrogen-bond donors (Lipinski definition) is 0. The maximum atomic E-state index is 12.5. The Hall–Kier alpha value is -1.89. The van der Waals surface area contributed by atoms with Crippen LogP contribution >= 0.6 is 0 Å². The number of aryl methyl sites for hydroxylation is 1. The first-order valence-corrected chi connectivity index (χ1v) is 6.91. The Kier molecular flexibility index (Phi) is 4.16. The zero-order chi connectivity index (χ0) is 13.8. The van der Waals surface area contributed by atoms with Crippen LogP contribution in [0.3, 0.4) is 0 Å². The number of nitrogens with zero attached hydrogens (tertiary/aromatic N) is 3. The van der Waals surface area contributed by atoms with E-state index >= 15 is 0 Å². The molecule has 0 aliphatic carbocycles. The highest BCUT2D eigenvalue weighted by molar-refractivity contribution is 7.84. The number of hydrogen-bond acceptors (Lipinski definition) is 5. The van der Waals surface area contributed by atoms with Gasteiger partial charge in [-0.3, -0.25) is 8.89 Å². The van der Waals surface area contributed by atoms with E-state index < -0.39 is 10.8 Å². The summed E-state index contributed by atoms with van der Waals surface area (Å²) in [5.41, 5.74) is 0. The molecule has 1 atom stereocenters. The predicted molar refractivity (Wildman–Crippen MR) is 70.7 cm³/mol. The van der Waals surface area contributed by atoms with Gasteiger partial charge in [-0.05, 0) is 12.1 Å². The van der Waals surface area contributed by atoms with E-state index in [9.17, 15) is 4.21 Å². The summed E-state index contributed by atoms with van der Waals surface area (Å²) in [4.78, 5) is 4.61. The van der Waals surface area contributed by atoms with Crippen LogP contribution in [0, 0.1) is 0 Å². The molecule has 0 spiro atoms. The molecule has 1 unspecified atom stereocenters. The molecule has 19 heavy (non-hydrogen) atoms. The van der Waals surface area contributed by atoms with E-state index in [0.717, 1.165) is 0 Å². The molecule has 0 bridgehead atoms. The van der Waals surface area contributed by atoms with Gasteiger partial charge < -0.3 is 9.47 Å². The lowest BCUT2D eigenvalue weighted by atomic mass is 10.3. The molecule has 102 valence electrons. The molecule has 0 amide bonds. The summed E-state index contributed by atoms with van der Waals surface area (Å²) in [5, 5.41) is 3.96. The van der Waals surface area contributed by atoms with Crippen molar-refractivity contribution in [3.05, 3.63) is 30.4 Å². The molecular formula is C12H15N3O3S. The quantitative estimate of drug-likeness (QED) is 0.822. The molecule has 1 aromatic heterocycles. The Morgan fingerprint density at radius 2 is 1.89 bits per heavy atom. The predicted octanol–water partition coefficient (Wildman–Crippen LogP) is 1.14. The van der Waals surface area contributed by atoms with Crippen LogP contribution < -0.4 is 9.47 Å². The van der Waals surface area contributed by atoms with E-state index in [1.807, 2.05) is 0 Å². The monoisotopic (exact) mass is 281 g/mol. The third kappa shape index (κ3) is 2.76. The first kappa shape index (κ1) is 13.5. The molecule has 1 aromatic carbocycles. The van der Waals surface area contributed by atoms with Crippen molar-refractivity contribution in [2.75, 3.05) is 14.2 Å². The van der Waals surface area contributed by atoms with E-state index in [1.165, 1.54) is 20.5 Å². The third-order valence-corrected chi connectivity index (χ3v) is 4.05. The first-order valence-electron chi connectivity index (χ1n) is 5.59. The normalized spacial score (nSPS) is 12.2. The number of rotatable bonds is 5. The highest BCUT2D eigenvalue weighted by Crippen LogP contribution is 2.32. The molecule has 0 N–H and O–H groups in total. The molecule has 2 aromatic rings. The smallest absolute Gasteiger partial charge is 0.139 e. The third-order valence-electron chi connectivity index (χ3n) is 2.68. The Morgan fingerprint density at radius 1 is 1.26 bits per heavy atom. The second-order valence-corrected chi connectivity index (χ2v) is 5.17. The topological polar surface area (TPSA) is 66.2 Å². The Balaban J connectivity index is 2.35. The van der Waals surface area contributed by atoms with Gasteiger partial charge in [0.2, 0.25) is 0 Å². The van der Waals surface area contributed by atoms with Crippen LogP contribution in [-0.4, -0.2) is 33.2 Å². The first-order chi connectivity index (χ1) is 9.17. The van der Waals surface area contributed by atoms with Gasteiger partial charge in [0.25, 0.3) is 0 Å². The second kappa shape index (κ2) is 5.83. The molecule has 1 heterocycles. The van der Waals surface area contributed by atoms with Gasteiger partial charge in [-0.2, -0.15) is 5.10 Å². The zero-order valence-electron chi connectivity index (χ0n) is 11.0. The van der Waals surface area contributed by atoms with E-state index in [2.05, 4.69) is 10.1 Å². The van der Waals surface area contributed by atoms with Crippen molar-refractivity contribution in [1.82, 2.24) is 14.8 Å². The molecule has 7 heteroatoms. The van der Waals surface area contributed by atoms with Crippen LogP contribution in [0.2, 0.25) is 0 Å². The summed E-state index contributed by atoms with van der Waals surface area (Å²) in [6.45, 7) is 0. The maximum absolute atomic E-state index is 12.5. The highest BCUT2D eigenvalue weighted by atomic mass is 32.2.